The van der Waals surface area contributed by atoms with E-state index in [4.69, 9.17) is 4.74 Å². The minimum atomic E-state index is -0.124. The number of likely N-dealkylation sites (tertiary alicyclic amines) is 1. The summed E-state index contributed by atoms with van der Waals surface area (Å²) in [7, 11) is 1.66. The zero-order chi connectivity index (χ0) is 20.2. The van der Waals surface area contributed by atoms with Crippen molar-refractivity contribution >= 4 is 23.2 Å². The van der Waals surface area contributed by atoms with Gasteiger partial charge in [0.2, 0.25) is 11.8 Å². The summed E-state index contributed by atoms with van der Waals surface area (Å²) in [6.07, 6.45) is 3.76. The molecule has 0 N–H and O–H groups in total. The van der Waals surface area contributed by atoms with Crippen molar-refractivity contribution in [3.8, 4) is 5.75 Å². The lowest BCUT2D eigenvalue weighted by molar-refractivity contribution is -0.142. The third-order valence-electron chi connectivity index (χ3n) is 5.80. The summed E-state index contributed by atoms with van der Waals surface area (Å²) in [5.41, 5.74) is 1.00. The van der Waals surface area contributed by atoms with Gasteiger partial charge in [0.1, 0.15) is 5.75 Å². The number of ether oxygens (including phenoxy) is 1. The molecule has 1 saturated carbocycles. The zero-order valence-corrected chi connectivity index (χ0v) is 17.7. The molecule has 154 valence electrons. The van der Waals surface area contributed by atoms with Gasteiger partial charge in [-0.2, -0.15) is 0 Å². The Hall–Kier alpha value is -2.34. The van der Waals surface area contributed by atoms with Crippen molar-refractivity contribution < 1.29 is 14.3 Å². The number of benzene rings is 1. The third kappa shape index (κ3) is 4.81. The Bertz CT molecular complexity index is 848. The lowest BCUT2D eigenvalue weighted by atomic mass is 9.95. The van der Waals surface area contributed by atoms with Crippen molar-refractivity contribution in [2.75, 3.05) is 20.2 Å². The Labute approximate surface area is 176 Å². The van der Waals surface area contributed by atoms with Crippen molar-refractivity contribution in [2.45, 2.75) is 38.8 Å². The SMILES string of the molecule is COc1ccccc1CN(Cc1cccs1)C(=O)C1CCCN(C(=O)C2CC2)C1. The van der Waals surface area contributed by atoms with Crippen LogP contribution in [0.25, 0.3) is 0 Å². The van der Waals surface area contributed by atoms with Crippen molar-refractivity contribution in [2.24, 2.45) is 11.8 Å². The predicted octanol–water partition coefficient (Wildman–Crippen LogP) is 3.93. The van der Waals surface area contributed by atoms with E-state index in [2.05, 4.69) is 6.07 Å². The highest BCUT2D eigenvalue weighted by molar-refractivity contribution is 7.09. The number of piperidine rings is 1. The van der Waals surface area contributed by atoms with E-state index in [1.54, 1.807) is 18.4 Å². The van der Waals surface area contributed by atoms with Crippen LogP contribution in [0.5, 0.6) is 5.75 Å². The molecule has 1 aliphatic carbocycles. The number of para-hydroxylation sites is 1. The lowest BCUT2D eigenvalue weighted by Crippen LogP contribution is -2.46. The van der Waals surface area contributed by atoms with Gasteiger partial charge >= 0.3 is 0 Å². The van der Waals surface area contributed by atoms with Gasteiger partial charge in [0.05, 0.1) is 19.6 Å². The molecular formula is C23H28N2O3S. The molecule has 1 aromatic heterocycles. The molecule has 1 aliphatic heterocycles. The van der Waals surface area contributed by atoms with Crippen LogP contribution in [0.3, 0.4) is 0 Å². The number of carbonyl (C=O) groups excluding carboxylic acids is 2. The molecule has 29 heavy (non-hydrogen) atoms. The highest BCUT2D eigenvalue weighted by atomic mass is 32.1. The second-order valence-corrected chi connectivity index (χ2v) is 9.02. The average Bonchev–Trinajstić information content (AvgIpc) is 3.49. The first-order valence-corrected chi connectivity index (χ1v) is 11.3. The van der Waals surface area contributed by atoms with Gasteiger partial charge in [-0.1, -0.05) is 24.3 Å². The molecule has 2 fully saturated rings. The van der Waals surface area contributed by atoms with Gasteiger partial charge in [0.25, 0.3) is 0 Å². The molecule has 2 aromatic rings. The predicted molar refractivity (Wildman–Crippen MR) is 114 cm³/mol. The van der Waals surface area contributed by atoms with Gasteiger partial charge < -0.3 is 14.5 Å². The molecule has 0 radical (unpaired) electrons. The Kier molecular flexibility index (Phi) is 6.19. The maximum atomic E-state index is 13.5. The monoisotopic (exact) mass is 412 g/mol. The number of hydrogen-bond acceptors (Lipinski definition) is 4. The number of amides is 2. The molecule has 1 saturated heterocycles. The second kappa shape index (κ2) is 8.99. The van der Waals surface area contributed by atoms with Gasteiger partial charge in [-0.15, -0.1) is 11.3 Å². The molecule has 1 atom stereocenters. The summed E-state index contributed by atoms with van der Waals surface area (Å²) in [6, 6.07) is 11.9. The summed E-state index contributed by atoms with van der Waals surface area (Å²) in [5.74, 6) is 1.26. The minimum absolute atomic E-state index is 0.124. The smallest absolute Gasteiger partial charge is 0.228 e. The zero-order valence-electron chi connectivity index (χ0n) is 16.9. The molecule has 2 amide bonds. The van der Waals surface area contributed by atoms with Crippen LogP contribution >= 0.6 is 11.3 Å². The number of thiophene rings is 1. The van der Waals surface area contributed by atoms with Crippen molar-refractivity contribution in [1.29, 1.82) is 0 Å². The summed E-state index contributed by atoms with van der Waals surface area (Å²) in [5, 5.41) is 2.04. The van der Waals surface area contributed by atoms with Crippen LogP contribution in [0.2, 0.25) is 0 Å². The van der Waals surface area contributed by atoms with Crippen LogP contribution < -0.4 is 4.74 Å². The Morgan fingerprint density at radius 2 is 1.93 bits per heavy atom. The molecule has 1 aromatic carbocycles. The average molecular weight is 413 g/mol. The van der Waals surface area contributed by atoms with Crippen molar-refractivity contribution in [1.82, 2.24) is 9.80 Å². The number of methoxy groups -OCH3 is 1. The standard InChI is InChI=1S/C23H28N2O3S/c1-28-21-9-3-2-6-18(21)14-25(16-20-8-5-13-29-20)23(27)19-7-4-12-24(15-19)22(26)17-10-11-17/h2-3,5-6,8-9,13,17,19H,4,7,10-12,14-16H2,1H3. The topological polar surface area (TPSA) is 49.9 Å². The number of hydrogen-bond donors (Lipinski definition) is 0. The Morgan fingerprint density at radius 1 is 1.10 bits per heavy atom. The number of rotatable bonds is 7. The van der Waals surface area contributed by atoms with E-state index in [0.29, 0.717) is 19.6 Å². The summed E-state index contributed by atoms with van der Waals surface area (Å²) in [6.45, 7) is 2.44. The van der Waals surface area contributed by atoms with Crippen LogP contribution in [0.4, 0.5) is 0 Å². The molecule has 2 aliphatic rings. The molecule has 4 rings (SSSR count). The second-order valence-electron chi connectivity index (χ2n) is 7.98. The van der Waals surface area contributed by atoms with E-state index < -0.39 is 0 Å². The summed E-state index contributed by atoms with van der Waals surface area (Å²) >= 11 is 1.66. The maximum absolute atomic E-state index is 13.5. The minimum Gasteiger partial charge on any atom is -0.496 e. The molecule has 0 spiro atoms. The fourth-order valence-corrected chi connectivity index (χ4v) is 4.79. The van der Waals surface area contributed by atoms with Crippen LogP contribution in [-0.4, -0.2) is 41.8 Å². The van der Waals surface area contributed by atoms with E-state index in [1.165, 1.54) is 0 Å². The number of carbonyl (C=O) groups is 2. The van der Waals surface area contributed by atoms with Crippen LogP contribution in [-0.2, 0) is 22.7 Å². The largest absolute Gasteiger partial charge is 0.496 e. The number of nitrogens with zero attached hydrogens (tertiary/aromatic N) is 2. The maximum Gasteiger partial charge on any atom is 0.228 e. The Morgan fingerprint density at radius 3 is 2.66 bits per heavy atom. The molecule has 5 nitrogen and oxygen atoms in total. The van der Waals surface area contributed by atoms with Gasteiger partial charge in [-0.05, 0) is 43.2 Å². The fraction of sp³-hybridized carbons (Fsp3) is 0.478. The fourth-order valence-electron chi connectivity index (χ4n) is 4.07. The Balaban J connectivity index is 1.51. The highest BCUT2D eigenvalue weighted by Crippen LogP contribution is 2.33. The summed E-state index contributed by atoms with van der Waals surface area (Å²) < 4.78 is 5.50. The van der Waals surface area contributed by atoms with E-state index in [0.717, 1.165) is 48.4 Å². The van der Waals surface area contributed by atoms with Crippen LogP contribution in [0, 0.1) is 11.8 Å². The molecular weight excluding hydrogens is 384 g/mol. The van der Waals surface area contributed by atoms with E-state index >= 15 is 0 Å². The first-order valence-electron chi connectivity index (χ1n) is 10.4. The first kappa shape index (κ1) is 20.0. The van der Waals surface area contributed by atoms with Crippen molar-refractivity contribution in [3.05, 3.63) is 52.2 Å². The normalized spacial score (nSPS) is 19.1. The lowest BCUT2D eigenvalue weighted by Gasteiger charge is -2.35. The quantitative estimate of drug-likeness (QED) is 0.692. The van der Waals surface area contributed by atoms with Crippen molar-refractivity contribution in [3.63, 3.8) is 0 Å². The van der Waals surface area contributed by atoms with Crippen LogP contribution in [0.1, 0.15) is 36.1 Å². The van der Waals surface area contributed by atoms with Gasteiger partial charge in [0, 0.05) is 36.0 Å². The molecule has 1 unspecified atom stereocenters. The molecule has 0 bridgehead atoms. The van der Waals surface area contributed by atoms with Gasteiger partial charge in [0.15, 0.2) is 0 Å². The van der Waals surface area contributed by atoms with E-state index in [9.17, 15) is 9.59 Å². The van der Waals surface area contributed by atoms with E-state index in [1.807, 2.05) is 45.5 Å². The molecule has 6 heteroatoms. The van der Waals surface area contributed by atoms with Gasteiger partial charge in [-0.25, -0.2) is 0 Å². The highest BCUT2D eigenvalue weighted by Gasteiger charge is 2.37. The van der Waals surface area contributed by atoms with Crippen LogP contribution in [0.15, 0.2) is 41.8 Å². The summed E-state index contributed by atoms with van der Waals surface area (Å²) in [4.78, 5) is 31.1. The first-order chi connectivity index (χ1) is 14.2. The van der Waals surface area contributed by atoms with E-state index in [-0.39, 0.29) is 23.7 Å². The van der Waals surface area contributed by atoms with Gasteiger partial charge in [-0.3, -0.25) is 9.59 Å². The molecule has 2 heterocycles. The third-order valence-corrected chi connectivity index (χ3v) is 6.66.